The number of aromatic nitrogens is 3. The van der Waals surface area contributed by atoms with Gasteiger partial charge in [0.15, 0.2) is 5.16 Å². The van der Waals surface area contributed by atoms with Gasteiger partial charge in [-0.15, -0.1) is 11.3 Å². The molecule has 2 atom stereocenters. The van der Waals surface area contributed by atoms with Gasteiger partial charge in [0.1, 0.15) is 5.01 Å². The molecule has 0 bridgehead atoms. The summed E-state index contributed by atoms with van der Waals surface area (Å²) in [5.41, 5.74) is 8.53. The van der Waals surface area contributed by atoms with Crippen LogP contribution in [0.3, 0.4) is 0 Å². The maximum atomic E-state index is 6.65. The predicted octanol–water partition coefficient (Wildman–Crippen LogP) is 4.74. The van der Waals surface area contributed by atoms with Crippen molar-refractivity contribution in [1.29, 1.82) is 0 Å². The molecule has 2 aromatic heterocycles. The van der Waals surface area contributed by atoms with Gasteiger partial charge in [0.2, 0.25) is 0 Å². The Balaban J connectivity index is 1.26. The number of hydrogen-bond donors (Lipinski definition) is 1. The molecule has 31 heavy (non-hydrogen) atoms. The molecular formula is C22H24ClN5OS2. The highest BCUT2D eigenvalue weighted by Gasteiger charge is 2.47. The average Bonchev–Trinajstić information content (AvgIpc) is 3.42. The molecule has 0 amide bonds. The van der Waals surface area contributed by atoms with Gasteiger partial charge < -0.3 is 15.4 Å². The summed E-state index contributed by atoms with van der Waals surface area (Å²) >= 11 is 9.69. The van der Waals surface area contributed by atoms with Crippen LogP contribution >= 0.6 is 34.7 Å². The molecular weight excluding hydrogens is 450 g/mol. The molecule has 4 heterocycles. The van der Waals surface area contributed by atoms with Crippen molar-refractivity contribution in [2.24, 2.45) is 11.1 Å². The molecule has 1 aromatic carbocycles. The minimum Gasteiger partial charge on any atom is -0.376 e. The summed E-state index contributed by atoms with van der Waals surface area (Å²) < 4.78 is 5.83. The molecule has 9 heteroatoms. The van der Waals surface area contributed by atoms with Gasteiger partial charge in [0, 0.05) is 46.6 Å². The second-order valence-electron chi connectivity index (χ2n) is 8.17. The van der Waals surface area contributed by atoms with Gasteiger partial charge in [0.05, 0.1) is 35.8 Å². The van der Waals surface area contributed by atoms with Crippen LogP contribution in [-0.2, 0) is 4.74 Å². The fourth-order valence-electron chi connectivity index (χ4n) is 4.42. The van der Waals surface area contributed by atoms with Crippen molar-refractivity contribution in [3.8, 4) is 10.6 Å². The molecule has 0 unspecified atom stereocenters. The quantitative estimate of drug-likeness (QED) is 0.548. The van der Waals surface area contributed by atoms with Gasteiger partial charge in [-0.1, -0.05) is 23.7 Å². The molecule has 5 rings (SSSR count). The van der Waals surface area contributed by atoms with E-state index in [1.807, 2.05) is 36.0 Å². The van der Waals surface area contributed by atoms with Crippen molar-refractivity contribution < 1.29 is 4.74 Å². The van der Waals surface area contributed by atoms with E-state index in [2.05, 4.69) is 26.8 Å². The summed E-state index contributed by atoms with van der Waals surface area (Å²) in [6.45, 7) is 4.74. The minimum atomic E-state index is 0.117. The third-order valence-corrected chi connectivity index (χ3v) is 8.69. The van der Waals surface area contributed by atoms with Crippen molar-refractivity contribution in [1.82, 2.24) is 15.0 Å². The van der Waals surface area contributed by atoms with Crippen molar-refractivity contribution in [3.63, 3.8) is 0 Å². The second kappa shape index (κ2) is 8.67. The lowest BCUT2D eigenvalue weighted by molar-refractivity contribution is 0.0974. The highest BCUT2D eigenvalue weighted by molar-refractivity contribution is 7.99. The second-order valence-corrected chi connectivity index (χ2v) is 10.5. The SMILES string of the molecule is C[C@@H]1OCC2(CCN(c3cnc(Sc4cccc(-c5nccs5)c4Cl)nc3)CC2)[C@@H]1N. The Morgan fingerprint density at radius 1 is 1.23 bits per heavy atom. The number of hydrogen-bond acceptors (Lipinski definition) is 8. The smallest absolute Gasteiger partial charge is 0.192 e. The molecule has 3 aromatic rings. The van der Waals surface area contributed by atoms with Gasteiger partial charge in [-0.2, -0.15) is 0 Å². The van der Waals surface area contributed by atoms with Crippen molar-refractivity contribution >= 4 is 40.4 Å². The van der Waals surface area contributed by atoms with Crippen LogP contribution in [0.2, 0.25) is 5.02 Å². The Kier molecular flexibility index (Phi) is 5.92. The zero-order valence-corrected chi connectivity index (χ0v) is 19.6. The summed E-state index contributed by atoms with van der Waals surface area (Å²) in [6, 6.07) is 6.08. The third-order valence-electron chi connectivity index (χ3n) is 6.41. The first-order valence-corrected chi connectivity index (χ1v) is 12.4. The first-order valence-electron chi connectivity index (χ1n) is 10.4. The minimum absolute atomic E-state index is 0.117. The molecule has 2 saturated heterocycles. The van der Waals surface area contributed by atoms with Gasteiger partial charge in [-0.05, 0) is 37.6 Å². The fourth-order valence-corrected chi connectivity index (χ4v) is 6.23. The Morgan fingerprint density at radius 3 is 2.65 bits per heavy atom. The Labute approximate surface area is 195 Å². The normalized spacial score (nSPS) is 22.9. The Bertz CT molecular complexity index is 1040. The number of halogens is 1. The molecule has 0 aliphatic carbocycles. The maximum Gasteiger partial charge on any atom is 0.192 e. The van der Waals surface area contributed by atoms with Gasteiger partial charge in [-0.25, -0.2) is 15.0 Å². The number of benzene rings is 1. The number of ether oxygens (including phenoxy) is 1. The molecule has 2 fully saturated rings. The topological polar surface area (TPSA) is 77.2 Å². The van der Waals surface area contributed by atoms with E-state index in [9.17, 15) is 0 Å². The number of thiazole rings is 1. The summed E-state index contributed by atoms with van der Waals surface area (Å²) in [4.78, 5) is 16.8. The third kappa shape index (κ3) is 4.07. The number of nitrogens with zero attached hydrogens (tertiary/aromatic N) is 4. The number of piperidine rings is 1. The van der Waals surface area contributed by atoms with Crippen molar-refractivity contribution in [3.05, 3.63) is 47.2 Å². The summed E-state index contributed by atoms with van der Waals surface area (Å²) in [7, 11) is 0. The van der Waals surface area contributed by atoms with Crippen LogP contribution in [0.4, 0.5) is 5.69 Å². The zero-order chi connectivity index (χ0) is 21.4. The van der Waals surface area contributed by atoms with Gasteiger partial charge in [-0.3, -0.25) is 0 Å². The highest BCUT2D eigenvalue weighted by atomic mass is 35.5. The van der Waals surface area contributed by atoms with E-state index in [0.717, 1.165) is 53.7 Å². The van der Waals surface area contributed by atoms with E-state index < -0.39 is 0 Å². The first-order chi connectivity index (χ1) is 15.1. The number of nitrogens with two attached hydrogens (primary N) is 1. The lowest BCUT2D eigenvalue weighted by atomic mass is 9.73. The molecule has 162 valence electrons. The van der Waals surface area contributed by atoms with Crippen LogP contribution in [0.1, 0.15) is 19.8 Å². The van der Waals surface area contributed by atoms with E-state index in [0.29, 0.717) is 10.2 Å². The molecule has 0 radical (unpaired) electrons. The van der Waals surface area contributed by atoms with E-state index in [-0.39, 0.29) is 17.6 Å². The van der Waals surface area contributed by atoms with Crippen LogP contribution in [0.5, 0.6) is 0 Å². The standard InChI is InChI=1S/C22H24ClN5OS2/c1-14-19(24)22(13-29-14)5-8-28(9-6-22)15-11-26-21(27-12-15)31-17-4-2-3-16(18(17)23)20-25-7-10-30-20/h2-4,7,10-12,14,19H,5-6,8-9,13,24H2,1H3/t14-,19+/m0/s1. The monoisotopic (exact) mass is 473 g/mol. The van der Waals surface area contributed by atoms with E-state index in [1.54, 1.807) is 17.5 Å². The van der Waals surface area contributed by atoms with E-state index >= 15 is 0 Å². The van der Waals surface area contributed by atoms with Crippen LogP contribution in [0, 0.1) is 5.41 Å². The molecule has 6 nitrogen and oxygen atoms in total. The number of rotatable bonds is 4. The van der Waals surface area contributed by atoms with Gasteiger partial charge in [0.25, 0.3) is 0 Å². The largest absolute Gasteiger partial charge is 0.376 e. The van der Waals surface area contributed by atoms with Crippen molar-refractivity contribution in [2.45, 2.75) is 42.0 Å². The van der Waals surface area contributed by atoms with Gasteiger partial charge >= 0.3 is 0 Å². The van der Waals surface area contributed by atoms with E-state index in [1.165, 1.54) is 11.8 Å². The lowest BCUT2D eigenvalue weighted by Gasteiger charge is -2.41. The summed E-state index contributed by atoms with van der Waals surface area (Å²) in [5.74, 6) is 0. The summed E-state index contributed by atoms with van der Waals surface area (Å²) in [6.07, 6.45) is 7.81. The highest BCUT2D eigenvalue weighted by Crippen LogP contribution is 2.42. The fraction of sp³-hybridized carbons (Fsp3) is 0.409. The van der Waals surface area contributed by atoms with Crippen LogP contribution in [0.15, 0.2) is 52.2 Å². The Morgan fingerprint density at radius 2 is 2.00 bits per heavy atom. The van der Waals surface area contributed by atoms with E-state index in [4.69, 9.17) is 22.1 Å². The zero-order valence-electron chi connectivity index (χ0n) is 17.2. The molecule has 2 aliphatic rings. The molecule has 2 aliphatic heterocycles. The maximum absolute atomic E-state index is 6.65. The Hall–Kier alpha value is -1.71. The van der Waals surface area contributed by atoms with Crippen molar-refractivity contribution in [2.75, 3.05) is 24.6 Å². The lowest BCUT2D eigenvalue weighted by Crippen LogP contribution is -2.50. The van der Waals surface area contributed by atoms with Crippen LogP contribution < -0.4 is 10.6 Å². The summed E-state index contributed by atoms with van der Waals surface area (Å²) in [5, 5.41) is 4.22. The molecule has 1 spiro atoms. The first kappa shape index (κ1) is 21.2. The average molecular weight is 474 g/mol. The van der Waals surface area contributed by atoms with Crippen LogP contribution in [-0.4, -0.2) is 46.8 Å². The molecule has 0 saturated carbocycles. The number of anilines is 1. The van der Waals surface area contributed by atoms with Crippen LogP contribution in [0.25, 0.3) is 10.6 Å². The molecule has 2 N–H and O–H groups in total. The predicted molar refractivity (Wildman–Crippen MR) is 126 cm³/mol.